The third-order valence-electron chi connectivity index (χ3n) is 7.50. The van der Waals surface area contributed by atoms with Gasteiger partial charge in [0.15, 0.2) is 23.7 Å². The lowest BCUT2D eigenvalue weighted by Gasteiger charge is -2.45. The molecule has 36 heavy (non-hydrogen) atoms. The maximum atomic E-state index is 14.1. The van der Waals surface area contributed by atoms with Crippen LogP contribution in [-0.4, -0.2) is 50.9 Å². The predicted molar refractivity (Wildman–Crippen MR) is 110 cm³/mol. The van der Waals surface area contributed by atoms with Crippen molar-refractivity contribution in [1.29, 1.82) is 0 Å². The molecule has 6 rings (SSSR count). The van der Waals surface area contributed by atoms with Gasteiger partial charge in [0, 0.05) is 23.9 Å². The molecule has 2 aliphatic carbocycles. The number of carbonyl (C=O) groups excluding carboxylic acids is 2. The van der Waals surface area contributed by atoms with Crippen molar-refractivity contribution >= 4 is 11.8 Å². The van der Waals surface area contributed by atoms with Crippen LogP contribution in [-0.2, 0) is 11.3 Å². The predicted octanol–water partition coefficient (Wildman–Crippen LogP) is 2.45. The minimum atomic E-state index is -5.20. The van der Waals surface area contributed by atoms with Crippen LogP contribution in [0.4, 0.5) is 22.0 Å². The van der Waals surface area contributed by atoms with Crippen LogP contribution in [0, 0.1) is 23.5 Å². The number of fused-ring (bicyclic) bond motifs is 8. The molecule has 13 heteroatoms. The van der Waals surface area contributed by atoms with Gasteiger partial charge in [0.05, 0.1) is 12.6 Å². The van der Waals surface area contributed by atoms with Gasteiger partial charge in [0.1, 0.15) is 17.2 Å². The van der Waals surface area contributed by atoms with Gasteiger partial charge >= 0.3 is 6.18 Å². The van der Waals surface area contributed by atoms with E-state index in [0.29, 0.717) is 30.4 Å². The van der Waals surface area contributed by atoms with Crippen LogP contribution < -0.4 is 10.7 Å². The molecule has 2 aliphatic heterocycles. The summed E-state index contributed by atoms with van der Waals surface area (Å²) in [6.45, 7) is -0.0447. The molecule has 4 aliphatic rings. The largest absolute Gasteiger partial charge is 0.503 e. The fourth-order valence-corrected chi connectivity index (χ4v) is 5.81. The van der Waals surface area contributed by atoms with Gasteiger partial charge in [0.2, 0.25) is 5.43 Å². The van der Waals surface area contributed by atoms with Crippen LogP contribution in [0.15, 0.2) is 29.2 Å². The molecule has 190 valence electrons. The monoisotopic (exact) mass is 511 g/mol. The summed E-state index contributed by atoms with van der Waals surface area (Å²) in [6, 6.07) is -1.63. The summed E-state index contributed by atoms with van der Waals surface area (Å²) in [5.41, 5.74) is -3.67. The summed E-state index contributed by atoms with van der Waals surface area (Å²) < 4.78 is 75.5. The summed E-state index contributed by atoms with van der Waals surface area (Å²) in [6.07, 6.45) is -3.47. The fourth-order valence-electron chi connectivity index (χ4n) is 5.81. The van der Waals surface area contributed by atoms with Crippen molar-refractivity contribution in [3.05, 3.63) is 63.1 Å². The fraction of sp³-hybridized carbons (Fsp3) is 0.435. The second-order valence-electron chi connectivity index (χ2n) is 9.54. The van der Waals surface area contributed by atoms with Crippen LogP contribution in [0.3, 0.4) is 0 Å². The number of ether oxygens (including phenoxy) is 1. The summed E-state index contributed by atoms with van der Waals surface area (Å²) >= 11 is 0. The third-order valence-corrected chi connectivity index (χ3v) is 7.50. The number of halogens is 5. The number of alkyl halides is 3. The van der Waals surface area contributed by atoms with E-state index in [2.05, 4.69) is 0 Å². The van der Waals surface area contributed by atoms with E-state index < -0.39 is 64.2 Å². The van der Waals surface area contributed by atoms with Crippen molar-refractivity contribution in [2.24, 2.45) is 11.8 Å². The van der Waals surface area contributed by atoms with E-state index in [0.717, 1.165) is 17.2 Å². The van der Waals surface area contributed by atoms with E-state index in [1.165, 1.54) is 4.90 Å². The van der Waals surface area contributed by atoms with E-state index in [4.69, 9.17) is 4.74 Å². The van der Waals surface area contributed by atoms with Gasteiger partial charge in [-0.3, -0.25) is 14.4 Å². The Kier molecular flexibility index (Phi) is 4.79. The molecule has 3 unspecified atom stereocenters. The zero-order valence-corrected chi connectivity index (χ0v) is 18.3. The molecule has 1 aromatic carbocycles. The molecule has 2 bridgehead atoms. The minimum absolute atomic E-state index is 0.0236. The van der Waals surface area contributed by atoms with Crippen molar-refractivity contribution in [2.45, 2.75) is 50.0 Å². The van der Waals surface area contributed by atoms with Crippen LogP contribution in [0.1, 0.15) is 45.3 Å². The Balaban J connectivity index is 1.35. The first kappa shape index (κ1) is 23.0. The Hall–Kier alpha value is -3.48. The van der Waals surface area contributed by atoms with Crippen molar-refractivity contribution in [3.8, 4) is 5.75 Å². The van der Waals surface area contributed by atoms with Crippen LogP contribution in [0.25, 0.3) is 0 Å². The van der Waals surface area contributed by atoms with Crippen LogP contribution in [0.2, 0.25) is 0 Å². The lowest BCUT2D eigenvalue weighted by molar-refractivity contribution is -0.155. The van der Waals surface area contributed by atoms with E-state index in [-0.39, 0.29) is 30.5 Å². The lowest BCUT2D eigenvalue weighted by atomic mass is 10.0. The quantitative estimate of drug-likeness (QED) is 0.617. The highest BCUT2D eigenvalue weighted by molar-refractivity contribution is 5.99. The molecule has 2 N–H and O–H groups in total. The SMILES string of the molecule is O=C(N[C@@H](c1ccc(F)cc1F)C(F)(F)F)c1cn2c(c(O)c1=O)C(=O)N1C3CC(O[C@H]1C2)[C@@H]1CC31. The van der Waals surface area contributed by atoms with Gasteiger partial charge in [-0.25, -0.2) is 8.78 Å². The van der Waals surface area contributed by atoms with E-state index in [1.54, 1.807) is 5.32 Å². The normalized spacial score (nSPS) is 28.8. The first-order chi connectivity index (χ1) is 17.0. The first-order valence-electron chi connectivity index (χ1n) is 11.2. The number of hydrogen-bond donors (Lipinski definition) is 2. The molecule has 6 atom stereocenters. The van der Waals surface area contributed by atoms with E-state index >= 15 is 0 Å². The number of aromatic hydroxyl groups is 1. The number of nitrogens with one attached hydrogen (secondary N) is 1. The summed E-state index contributed by atoms with van der Waals surface area (Å²) in [4.78, 5) is 40.3. The van der Waals surface area contributed by atoms with Gasteiger partial charge < -0.3 is 24.6 Å². The highest BCUT2D eigenvalue weighted by Gasteiger charge is 2.63. The minimum Gasteiger partial charge on any atom is -0.503 e. The molecule has 8 nitrogen and oxygen atoms in total. The van der Waals surface area contributed by atoms with Crippen molar-refractivity contribution < 1.29 is 41.4 Å². The molecule has 0 radical (unpaired) electrons. The molecular weight excluding hydrogens is 493 g/mol. The number of pyridine rings is 1. The standard InChI is InChI=1S/C23H18F5N3O5/c24-8-1-2-9(13(25)3-8)20(23(26,27)28)29-21(34)12-6-30-7-16-31(22(35)17(30)19(33)18(12)32)14-5-15(36-16)11-4-10(11)14/h1-3,6,10-11,14-16,20,33H,4-5,7H2,(H,29,34)/t10?,11-,14?,15?,16+,20+/m1/s1. The molecule has 2 aromatic rings. The van der Waals surface area contributed by atoms with Gasteiger partial charge in [-0.1, -0.05) is 6.07 Å². The number of hydrogen-bond acceptors (Lipinski definition) is 5. The summed E-state index contributed by atoms with van der Waals surface area (Å²) in [5, 5.41) is 12.1. The Morgan fingerprint density at radius 3 is 2.61 bits per heavy atom. The molecule has 2 amide bonds. The van der Waals surface area contributed by atoms with Gasteiger partial charge in [-0.2, -0.15) is 13.2 Å². The highest BCUT2D eigenvalue weighted by Crippen LogP contribution is 2.58. The topological polar surface area (TPSA) is 101 Å². The molecule has 3 fully saturated rings. The average Bonchev–Trinajstić information content (AvgIpc) is 3.54. The van der Waals surface area contributed by atoms with Crippen LogP contribution in [0.5, 0.6) is 5.75 Å². The van der Waals surface area contributed by atoms with Crippen molar-refractivity contribution in [2.75, 3.05) is 0 Å². The summed E-state index contributed by atoms with van der Waals surface area (Å²) in [7, 11) is 0. The Bertz CT molecular complexity index is 1380. The van der Waals surface area contributed by atoms with Gasteiger partial charge in [-0.05, 0) is 30.7 Å². The Labute approximate surface area is 199 Å². The molecule has 1 saturated heterocycles. The second-order valence-corrected chi connectivity index (χ2v) is 9.54. The number of amides is 2. The number of nitrogens with zero attached hydrogens (tertiary/aromatic N) is 2. The van der Waals surface area contributed by atoms with E-state index in [1.807, 2.05) is 0 Å². The molecule has 2 saturated carbocycles. The lowest BCUT2D eigenvalue weighted by Crippen LogP contribution is -2.58. The van der Waals surface area contributed by atoms with Crippen LogP contribution >= 0.6 is 0 Å². The maximum Gasteiger partial charge on any atom is 0.412 e. The number of carbonyl (C=O) groups is 2. The van der Waals surface area contributed by atoms with Crippen molar-refractivity contribution in [1.82, 2.24) is 14.8 Å². The van der Waals surface area contributed by atoms with Crippen molar-refractivity contribution in [3.63, 3.8) is 0 Å². The summed E-state index contributed by atoms with van der Waals surface area (Å²) in [5.74, 6) is -5.32. The number of rotatable bonds is 3. The smallest absolute Gasteiger partial charge is 0.412 e. The third kappa shape index (κ3) is 3.32. The Morgan fingerprint density at radius 1 is 1.17 bits per heavy atom. The molecule has 0 spiro atoms. The number of benzene rings is 1. The molecular formula is C23H18F5N3O5. The first-order valence-corrected chi connectivity index (χ1v) is 11.2. The Morgan fingerprint density at radius 2 is 1.92 bits per heavy atom. The number of aromatic nitrogens is 1. The highest BCUT2D eigenvalue weighted by atomic mass is 19.4. The second kappa shape index (κ2) is 7.51. The zero-order chi connectivity index (χ0) is 25.7. The average molecular weight is 511 g/mol. The van der Waals surface area contributed by atoms with E-state index in [9.17, 15) is 41.4 Å². The molecule has 1 aromatic heterocycles. The van der Waals surface area contributed by atoms with Gasteiger partial charge in [-0.15, -0.1) is 0 Å². The molecule has 3 heterocycles. The zero-order valence-electron chi connectivity index (χ0n) is 18.3. The van der Waals surface area contributed by atoms with Gasteiger partial charge in [0.25, 0.3) is 11.8 Å². The maximum absolute atomic E-state index is 14.1.